The lowest BCUT2D eigenvalue weighted by Gasteiger charge is -2.26. The lowest BCUT2D eigenvalue weighted by Crippen LogP contribution is -2.25. The van der Waals surface area contributed by atoms with E-state index in [2.05, 4.69) is 34.1 Å². The fourth-order valence-electron chi connectivity index (χ4n) is 7.04. The van der Waals surface area contributed by atoms with Gasteiger partial charge in [0.25, 0.3) is 0 Å². The zero-order valence-corrected chi connectivity index (χ0v) is 27.9. The molecular weight excluding hydrogens is 642 g/mol. The van der Waals surface area contributed by atoms with Gasteiger partial charge in [-0.2, -0.15) is 0 Å². The third kappa shape index (κ3) is 7.60. The first kappa shape index (κ1) is 37.5. The Hall–Kier alpha value is -3.78. The Balaban J connectivity index is 0.000000143. The van der Waals surface area contributed by atoms with Crippen LogP contribution in [0.5, 0.6) is 34.5 Å². The Morgan fingerprint density at radius 1 is 0.460 bits per heavy atom. The average molecular weight is 696 g/mol. The van der Waals surface area contributed by atoms with E-state index in [0.717, 1.165) is 110 Å². The van der Waals surface area contributed by atoms with Crippen LogP contribution in [-0.4, -0.2) is 81.0 Å². The topological polar surface area (TPSA) is 119 Å². The molecule has 0 saturated carbocycles. The molecule has 0 spiro atoms. The Bertz CT molecular complexity index is 1400. The van der Waals surface area contributed by atoms with Crippen molar-refractivity contribution in [1.82, 2.24) is 16.0 Å². The van der Waals surface area contributed by atoms with E-state index in [0.29, 0.717) is 20.4 Å². The maximum atomic E-state index is 5.77. The van der Waals surface area contributed by atoms with Gasteiger partial charge in [0.15, 0.2) is 34.5 Å². The molecular formula is C38H53N3O9. The van der Waals surface area contributed by atoms with Crippen molar-refractivity contribution in [2.24, 2.45) is 0 Å². The van der Waals surface area contributed by atoms with Gasteiger partial charge in [0, 0.05) is 36.3 Å². The van der Waals surface area contributed by atoms with Crippen LogP contribution < -0.4 is 44.4 Å². The second-order valence-electron chi connectivity index (χ2n) is 12.1. The molecule has 0 amide bonds. The summed E-state index contributed by atoms with van der Waals surface area (Å²) in [5.74, 6) is 5.13. The number of fused-ring (bicyclic) bond motifs is 9. The molecule has 0 fully saturated rings. The van der Waals surface area contributed by atoms with Crippen molar-refractivity contribution < 1.29 is 42.6 Å². The molecule has 0 aromatic heterocycles. The zero-order valence-electron chi connectivity index (χ0n) is 27.9. The number of rotatable bonds is 6. The number of ether oxygens (including phenoxy) is 9. The number of nitrogens with one attached hydrogen (secondary N) is 3. The molecule has 0 bridgehead atoms. The van der Waals surface area contributed by atoms with Crippen LogP contribution >= 0.6 is 0 Å². The molecule has 3 aromatic rings. The molecule has 12 nitrogen and oxygen atoms in total. The van der Waals surface area contributed by atoms with Crippen molar-refractivity contribution in [3.05, 3.63) is 69.8 Å². The molecule has 6 heterocycles. The van der Waals surface area contributed by atoms with Crippen molar-refractivity contribution in [2.45, 2.75) is 52.4 Å². The molecule has 3 atom stereocenters. The van der Waals surface area contributed by atoms with Crippen LogP contribution in [0.4, 0.5) is 0 Å². The number of likely N-dealkylation sites (N-methyl/N-ethyl adjacent to an activating group) is 3. The summed E-state index contributed by atoms with van der Waals surface area (Å²) in [7, 11) is 5.79. The fourth-order valence-corrected chi connectivity index (χ4v) is 7.04. The average Bonchev–Trinajstić information content (AvgIpc) is 3.91. The quantitative estimate of drug-likeness (QED) is 0.322. The van der Waals surface area contributed by atoms with Crippen LogP contribution in [0.25, 0.3) is 0 Å². The highest BCUT2D eigenvalue weighted by Crippen LogP contribution is 2.45. The normalized spacial score (nSPS) is 21.1. The van der Waals surface area contributed by atoms with Crippen molar-refractivity contribution in [3.8, 4) is 34.5 Å². The van der Waals surface area contributed by atoms with Crippen molar-refractivity contribution in [3.63, 3.8) is 0 Å². The number of hydrogen-bond acceptors (Lipinski definition) is 12. The summed E-state index contributed by atoms with van der Waals surface area (Å²) in [4.78, 5) is 0. The molecule has 0 aliphatic carbocycles. The van der Waals surface area contributed by atoms with Gasteiger partial charge in [0.1, 0.15) is 0 Å². The minimum Gasteiger partial charge on any atom is -0.454 e. The van der Waals surface area contributed by atoms with Gasteiger partial charge in [0.05, 0.1) is 38.1 Å². The van der Waals surface area contributed by atoms with Crippen LogP contribution in [0.1, 0.15) is 66.5 Å². The van der Waals surface area contributed by atoms with E-state index in [-0.39, 0.29) is 33.2 Å². The third-order valence-electron chi connectivity index (χ3n) is 9.21. The van der Waals surface area contributed by atoms with Gasteiger partial charge in [0.2, 0.25) is 20.4 Å². The highest BCUT2D eigenvalue weighted by atomic mass is 16.7. The molecule has 6 aliphatic heterocycles. The third-order valence-corrected chi connectivity index (χ3v) is 9.21. The minimum absolute atomic E-state index is 0. The summed E-state index contributed by atoms with van der Waals surface area (Å²) >= 11 is 0. The zero-order chi connectivity index (χ0) is 32.9. The summed E-state index contributed by atoms with van der Waals surface area (Å²) in [5, 5.41) is 9.44. The molecule has 50 heavy (non-hydrogen) atoms. The minimum atomic E-state index is 0. The Labute approximate surface area is 296 Å². The summed E-state index contributed by atoms with van der Waals surface area (Å²) in [5.41, 5.74) is 7.43. The number of benzene rings is 3. The predicted octanol–water partition coefficient (Wildman–Crippen LogP) is 5.02. The summed E-state index contributed by atoms with van der Waals surface area (Å²) in [6, 6.07) is 12.3. The molecule has 6 aliphatic rings. The SMILES string of the molecule is C.C.CNCC1OCCc2ccc3c(c21)OCO3.CNC[C@@H]1OCCc2ccc3c(c21)OCO3.CNC[C@H]1OCCc2ccc3c(c21)OCO3. The molecule has 9 rings (SSSR count). The first-order valence-electron chi connectivity index (χ1n) is 16.7. The van der Waals surface area contributed by atoms with E-state index in [4.69, 9.17) is 42.6 Å². The lowest BCUT2D eigenvalue weighted by molar-refractivity contribution is 0.0413. The Kier molecular flexibility index (Phi) is 13.1. The maximum Gasteiger partial charge on any atom is 0.231 e. The van der Waals surface area contributed by atoms with Crippen LogP contribution in [0.2, 0.25) is 0 Å². The van der Waals surface area contributed by atoms with Crippen molar-refractivity contribution in [2.75, 3.05) is 81.0 Å². The standard InChI is InChI=1S/3C12H15NO3.2CH4/c3*1-13-6-10-11-8(4-5-14-10)2-3-9-12(11)16-7-15-9;;/h3*2-3,10,13H,4-7H2,1H3;2*1H4/t2*10-;;;/m10.../s1. The molecule has 3 N–H and O–H groups in total. The molecule has 274 valence electrons. The largest absolute Gasteiger partial charge is 0.454 e. The molecule has 0 saturated heterocycles. The first-order chi connectivity index (χ1) is 23.7. The second-order valence-corrected chi connectivity index (χ2v) is 12.1. The number of hydrogen-bond donors (Lipinski definition) is 3. The maximum absolute atomic E-state index is 5.77. The van der Waals surface area contributed by atoms with Crippen molar-refractivity contribution in [1.29, 1.82) is 0 Å². The van der Waals surface area contributed by atoms with Crippen LogP contribution in [-0.2, 0) is 33.5 Å². The fraction of sp³-hybridized carbons (Fsp3) is 0.526. The van der Waals surface area contributed by atoms with E-state index < -0.39 is 0 Å². The van der Waals surface area contributed by atoms with E-state index in [1.165, 1.54) is 16.7 Å². The van der Waals surface area contributed by atoms with Crippen LogP contribution in [0.3, 0.4) is 0 Å². The predicted molar refractivity (Wildman–Crippen MR) is 190 cm³/mol. The van der Waals surface area contributed by atoms with E-state index >= 15 is 0 Å². The summed E-state index contributed by atoms with van der Waals surface area (Å²) in [6.07, 6.45) is 3.08. The first-order valence-corrected chi connectivity index (χ1v) is 16.7. The van der Waals surface area contributed by atoms with Gasteiger partial charge in [-0.15, -0.1) is 0 Å². The van der Waals surface area contributed by atoms with Gasteiger partial charge in [-0.25, -0.2) is 0 Å². The highest BCUT2D eigenvalue weighted by Gasteiger charge is 2.32. The van der Waals surface area contributed by atoms with Crippen LogP contribution in [0, 0.1) is 0 Å². The summed E-state index contributed by atoms with van der Waals surface area (Å²) in [6.45, 7) is 5.68. The summed E-state index contributed by atoms with van der Waals surface area (Å²) < 4.78 is 50.1. The second kappa shape index (κ2) is 17.4. The molecule has 12 heteroatoms. The lowest BCUT2D eigenvalue weighted by atomic mass is 9.96. The van der Waals surface area contributed by atoms with E-state index in [1.807, 2.05) is 39.3 Å². The van der Waals surface area contributed by atoms with Gasteiger partial charge in [-0.1, -0.05) is 33.1 Å². The smallest absolute Gasteiger partial charge is 0.231 e. The van der Waals surface area contributed by atoms with E-state index in [9.17, 15) is 0 Å². The molecule has 0 radical (unpaired) electrons. The molecule has 1 unspecified atom stereocenters. The molecule has 3 aromatic carbocycles. The Morgan fingerprint density at radius 3 is 1.04 bits per heavy atom. The Morgan fingerprint density at radius 2 is 0.760 bits per heavy atom. The van der Waals surface area contributed by atoms with Gasteiger partial charge < -0.3 is 58.6 Å². The van der Waals surface area contributed by atoms with Gasteiger partial charge in [-0.3, -0.25) is 0 Å². The van der Waals surface area contributed by atoms with Crippen LogP contribution in [0.15, 0.2) is 36.4 Å². The monoisotopic (exact) mass is 695 g/mol. The van der Waals surface area contributed by atoms with Crippen molar-refractivity contribution >= 4 is 0 Å². The highest BCUT2D eigenvalue weighted by molar-refractivity contribution is 5.56. The van der Waals surface area contributed by atoms with E-state index in [1.54, 1.807) is 0 Å². The van der Waals surface area contributed by atoms with Gasteiger partial charge in [-0.05, 0) is 75.3 Å². The van der Waals surface area contributed by atoms with Gasteiger partial charge >= 0.3 is 0 Å².